The van der Waals surface area contributed by atoms with Gasteiger partial charge in [0.2, 0.25) is 0 Å². The molecule has 0 aromatic carbocycles. The Morgan fingerprint density at radius 3 is 1.75 bits per heavy atom. The second-order valence-corrected chi connectivity index (χ2v) is 0.243. The third-order valence-corrected chi connectivity index (χ3v) is 0. The van der Waals surface area contributed by atoms with Gasteiger partial charge < -0.3 is 0 Å². The van der Waals surface area contributed by atoms with Gasteiger partial charge in [-0.2, -0.15) is 0 Å². The Morgan fingerprint density at radius 1 is 1.75 bits per heavy atom. The normalized spacial score (nSPS) is 4.25. The third-order valence-electron chi connectivity index (χ3n) is 0. The zero-order valence-electron chi connectivity index (χ0n) is 2.17. The van der Waals surface area contributed by atoms with Crippen molar-refractivity contribution in [2.75, 3.05) is 0 Å². The van der Waals surface area contributed by atoms with Gasteiger partial charge in [0.05, 0.1) is 0 Å². The van der Waals surface area contributed by atoms with Gasteiger partial charge in [0, 0.05) is 0 Å². The van der Waals surface area contributed by atoms with Gasteiger partial charge in [-0.3, -0.25) is 0 Å². The van der Waals surface area contributed by atoms with Crippen LogP contribution in [0, 0.1) is 0 Å². The molecule has 2 nitrogen and oxygen atoms in total. The van der Waals surface area contributed by atoms with Crippen LogP contribution >= 0.6 is 0 Å². The Morgan fingerprint density at radius 2 is 1.75 bits per heavy atom. The summed E-state index contributed by atoms with van der Waals surface area (Å²) in [5, 5.41) is 0. The quantitative estimate of drug-likeness (QED) is 0.296. The Balaban J connectivity index is 0. The Labute approximate surface area is 52.6 Å². The predicted octanol–water partition coefficient (Wildman–Crippen LogP) is -4.31. The van der Waals surface area contributed by atoms with E-state index in [2.05, 4.69) is 0 Å². The van der Waals surface area contributed by atoms with Crippen molar-refractivity contribution in [2.24, 2.45) is 0 Å². The first kappa shape index (κ1) is 8.99. The fourth-order valence-electron chi connectivity index (χ4n) is 0. The zero-order valence-corrected chi connectivity index (χ0v) is 5.27. The molecule has 0 aliphatic carbocycles. The van der Waals surface area contributed by atoms with E-state index in [9.17, 15) is 0 Å². The van der Waals surface area contributed by atoms with Crippen LogP contribution in [0.1, 0.15) is 0 Å². The summed E-state index contributed by atoms with van der Waals surface area (Å²) in [6.07, 6.45) is 0. The Hall–Kier alpha value is 1.28. The molecule has 0 spiro atoms. The van der Waals surface area contributed by atoms with Crippen LogP contribution in [-0.4, -0.2) is 0 Å². The summed E-state index contributed by atoms with van der Waals surface area (Å²) in [7, 11) is 0. The van der Waals surface area contributed by atoms with Crippen LogP contribution in [0.4, 0.5) is 0 Å². The topological polar surface area (TPSA) is 40.1 Å². The van der Waals surface area contributed by atoms with E-state index in [4.69, 9.17) is 8.02 Å². The van der Waals surface area contributed by atoms with Gasteiger partial charge in [-0.1, -0.05) is 0 Å². The molecule has 0 rings (SSSR count). The molecule has 0 bridgehead atoms. The summed E-state index contributed by atoms with van der Waals surface area (Å²) in [5.74, 6) is 0. The van der Waals surface area contributed by atoms with E-state index < -0.39 is 15.2 Å². The molecule has 4 heavy (non-hydrogen) atoms. The number of rotatable bonds is 0. The monoisotopic (exact) mass is 111 g/mol. The molecular weight excluding hydrogens is 111 g/mol. The average molecular weight is 111 g/mol. The third kappa shape index (κ3) is 10.4. The van der Waals surface area contributed by atoms with Crippen molar-refractivity contribution in [1.82, 2.24) is 0 Å². The Bertz CT molecular complexity index is 13.5. The van der Waals surface area contributed by atoms with Crippen molar-refractivity contribution in [3.05, 3.63) is 0 Å². The minimum atomic E-state index is -1.25. The van der Waals surface area contributed by atoms with E-state index in [1.807, 2.05) is 0 Å². The molecule has 0 N–H and O–H groups in total. The van der Waals surface area contributed by atoms with Crippen LogP contribution in [0.3, 0.4) is 0 Å². The molecule has 0 aromatic heterocycles. The van der Waals surface area contributed by atoms with Crippen LogP contribution in [0.5, 0.6) is 0 Å². The molecule has 0 aliphatic heterocycles. The van der Waals surface area contributed by atoms with Crippen LogP contribution in [-0.2, 0) is 19.1 Å². The van der Waals surface area contributed by atoms with Crippen molar-refractivity contribution in [1.29, 1.82) is 0 Å². The summed E-state index contributed by atoms with van der Waals surface area (Å²) in [5.41, 5.74) is 0. The summed E-state index contributed by atoms with van der Waals surface area (Å²) in [6.45, 7) is 0. The fourth-order valence-corrected chi connectivity index (χ4v) is 0. The van der Waals surface area contributed by atoms with E-state index in [0.29, 0.717) is 0 Å². The summed E-state index contributed by atoms with van der Waals surface area (Å²) >= 11 is -1.25. The molecule has 0 saturated carbocycles. The minimum absolute atomic E-state index is 0. The van der Waals surface area contributed by atoms with Crippen molar-refractivity contribution in [3.8, 4) is 0 Å². The van der Waals surface area contributed by atoms with Gasteiger partial charge in [0.25, 0.3) is 0 Å². The van der Waals surface area contributed by atoms with Gasteiger partial charge in [0.15, 0.2) is 0 Å². The maximum atomic E-state index is 8.38. The molecule has 0 heterocycles. The number of hydrogen-bond donors (Lipinski definition) is 0. The molecule has 0 amide bonds. The molecule has 0 unspecified atom stereocenters. The van der Waals surface area contributed by atoms with Crippen molar-refractivity contribution >= 4 is 0 Å². The van der Waals surface area contributed by atoms with Gasteiger partial charge in [0.1, 0.15) is 0 Å². The van der Waals surface area contributed by atoms with E-state index in [0.717, 1.165) is 0 Å². The molecule has 0 radical (unpaired) electrons. The van der Waals surface area contributed by atoms with Crippen molar-refractivity contribution in [3.63, 3.8) is 0 Å². The van der Waals surface area contributed by atoms with E-state index in [-0.39, 0.29) is 29.6 Å². The number of hydrogen-bond acceptors (Lipinski definition) is 2. The van der Waals surface area contributed by atoms with E-state index >= 15 is 0 Å². The first-order valence-electron chi connectivity index (χ1n) is 0.289. The van der Waals surface area contributed by atoms with Crippen LogP contribution in [0.15, 0.2) is 0 Å². The van der Waals surface area contributed by atoms with Gasteiger partial charge in [-0.05, 0) is 0 Å². The van der Waals surface area contributed by atoms with Crippen LogP contribution in [0.2, 0.25) is 0 Å². The second kappa shape index (κ2) is 8.86. The molecule has 0 aromatic rings. The fraction of sp³-hybridized carbons (Fsp3) is 0. The van der Waals surface area contributed by atoms with Crippen molar-refractivity contribution < 1.29 is 52.8 Å². The summed E-state index contributed by atoms with van der Waals surface area (Å²) < 4.78 is 16.8. The molecular formula is FeNaO2. The van der Waals surface area contributed by atoms with Crippen LogP contribution < -0.4 is 33.7 Å². The molecule has 4 heteroatoms. The molecule has 0 saturated heterocycles. The molecule has 0 atom stereocenters. The zero-order chi connectivity index (χ0) is 2.71. The summed E-state index contributed by atoms with van der Waals surface area (Å²) in [4.78, 5) is 0. The summed E-state index contributed by atoms with van der Waals surface area (Å²) in [6, 6.07) is 0. The predicted molar refractivity (Wildman–Crippen MR) is 0.686 cm³/mol. The first-order chi connectivity index (χ1) is 1.41. The SMILES string of the molecule is [Na+].[O]=[Fe][O-]. The van der Waals surface area contributed by atoms with Gasteiger partial charge in [-0.15, -0.1) is 0 Å². The second-order valence-electron chi connectivity index (χ2n) is 0.0589. The Kier molecular flexibility index (Phi) is 19.9. The standard InChI is InChI=1S/Fe.Na.2O/q;+1;;-1. The molecule has 21 valence electrons. The van der Waals surface area contributed by atoms with Gasteiger partial charge in [-0.25, -0.2) is 0 Å². The van der Waals surface area contributed by atoms with Crippen LogP contribution in [0.25, 0.3) is 0 Å². The molecule has 0 aliphatic rings. The first-order valence-corrected chi connectivity index (χ1v) is 1.19. The van der Waals surface area contributed by atoms with E-state index in [1.54, 1.807) is 0 Å². The maximum absolute atomic E-state index is 8.38. The van der Waals surface area contributed by atoms with Crippen molar-refractivity contribution in [2.45, 2.75) is 0 Å². The van der Waals surface area contributed by atoms with Gasteiger partial charge >= 0.3 is 52.8 Å². The average Bonchev–Trinajstić information content (AvgIpc) is 0.918. The molecule has 0 fully saturated rings. The van der Waals surface area contributed by atoms with E-state index in [1.165, 1.54) is 0 Å².